The number of epoxide rings is 1. The van der Waals surface area contributed by atoms with Crippen molar-refractivity contribution in [1.29, 1.82) is 0 Å². The summed E-state index contributed by atoms with van der Waals surface area (Å²) in [6, 6.07) is 0. The van der Waals surface area contributed by atoms with Crippen LogP contribution >= 0.6 is 0 Å². The lowest BCUT2D eigenvalue weighted by atomic mass is 9.81. The van der Waals surface area contributed by atoms with Crippen molar-refractivity contribution in [2.24, 2.45) is 5.41 Å². The predicted molar refractivity (Wildman–Crippen MR) is 53.9 cm³/mol. The van der Waals surface area contributed by atoms with Crippen LogP contribution in [0.2, 0.25) is 0 Å². The highest BCUT2D eigenvalue weighted by Gasteiger charge is 2.41. The van der Waals surface area contributed by atoms with E-state index in [0.717, 1.165) is 19.4 Å². The molecular weight excluding hydrogens is 180 g/mol. The molecule has 2 unspecified atom stereocenters. The molecule has 2 atom stereocenters. The van der Waals surface area contributed by atoms with Crippen molar-refractivity contribution in [3.05, 3.63) is 12.7 Å². The van der Waals surface area contributed by atoms with Crippen molar-refractivity contribution in [2.75, 3.05) is 13.2 Å². The number of ether oxygens (including phenoxy) is 2. The summed E-state index contributed by atoms with van der Waals surface area (Å²) in [4.78, 5) is 10.8. The van der Waals surface area contributed by atoms with E-state index < -0.39 is 0 Å². The summed E-state index contributed by atoms with van der Waals surface area (Å²) in [5, 5.41) is 0. The molecule has 0 aliphatic carbocycles. The number of carbonyl (C=O) groups is 1. The summed E-state index contributed by atoms with van der Waals surface area (Å²) in [6.07, 6.45) is 3.45. The minimum absolute atomic E-state index is 0.154. The Kier molecular flexibility index (Phi) is 3.69. The number of hydrogen-bond acceptors (Lipinski definition) is 3. The second-order valence-electron chi connectivity index (χ2n) is 3.95. The fourth-order valence-electron chi connectivity index (χ4n) is 1.46. The van der Waals surface area contributed by atoms with Crippen LogP contribution in [-0.2, 0) is 14.3 Å². The van der Waals surface area contributed by atoms with Crippen LogP contribution in [0.3, 0.4) is 0 Å². The first-order valence-electron chi connectivity index (χ1n) is 5.03. The lowest BCUT2D eigenvalue weighted by molar-refractivity contribution is -0.138. The third kappa shape index (κ3) is 2.84. The summed E-state index contributed by atoms with van der Waals surface area (Å²) >= 11 is 0. The molecule has 0 aromatic rings. The zero-order valence-corrected chi connectivity index (χ0v) is 8.91. The third-order valence-electron chi connectivity index (χ3n) is 3.00. The highest BCUT2D eigenvalue weighted by Crippen LogP contribution is 2.38. The van der Waals surface area contributed by atoms with Gasteiger partial charge in [0.15, 0.2) is 0 Å². The van der Waals surface area contributed by atoms with Gasteiger partial charge >= 0.3 is 5.97 Å². The van der Waals surface area contributed by atoms with E-state index in [4.69, 9.17) is 9.47 Å². The zero-order valence-electron chi connectivity index (χ0n) is 8.91. The van der Waals surface area contributed by atoms with Crippen LogP contribution in [0.15, 0.2) is 12.7 Å². The molecule has 0 radical (unpaired) electrons. The van der Waals surface area contributed by atoms with Crippen molar-refractivity contribution in [3.8, 4) is 0 Å². The van der Waals surface area contributed by atoms with E-state index in [1.807, 2.05) is 0 Å². The molecule has 80 valence electrons. The SMILES string of the molecule is C=CC(=O)OCCC(C)(CC)C1CO1. The lowest BCUT2D eigenvalue weighted by Crippen LogP contribution is -2.25. The second-order valence-corrected chi connectivity index (χ2v) is 3.95. The average molecular weight is 198 g/mol. The van der Waals surface area contributed by atoms with Crippen molar-refractivity contribution in [3.63, 3.8) is 0 Å². The van der Waals surface area contributed by atoms with Crippen LogP contribution in [-0.4, -0.2) is 25.3 Å². The Labute approximate surface area is 85.1 Å². The summed E-state index contributed by atoms with van der Waals surface area (Å²) in [5.74, 6) is -0.347. The van der Waals surface area contributed by atoms with Gasteiger partial charge < -0.3 is 9.47 Å². The summed E-state index contributed by atoms with van der Waals surface area (Å²) < 4.78 is 10.2. The van der Waals surface area contributed by atoms with E-state index in [9.17, 15) is 4.79 Å². The van der Waals surface area contributed by atoms with Crippen molar-refractivity contribution in [1.82, 2.24) is 0 Å². The Bertz CT molecular complexity index is 221. The molecule has 1 fully saturated rings. The van der Waals surface area contributed by atoms with Gasteiger partial charge in [-0.1, -0.05) is 20.4 Å². The topological polar surface area (TPSA) is 38.8 Å². The van der Waals surface area contributed by atoms with E-state index in [0.29, 0.717) is 12.7 Å². The second kappa shape index (κ2) is 4.60. The lowest BCUT2D eigenvalue weighted by Gasteiger charge is -2.25. The summed E-state index contributed by atoms with van der Waals surface area (Å²) in [6.45, 7) is 8.95. The molecule has 0 N–H and O–H groups in total. The smallest absolute Gasteiger partial charge is 0.330 e. The third-order valence-corrected chi connectivity index (χ3v) is 3.00. The molecule has 3 nitrogen and oxygen atoms in total. The molecule has 3 heteroatoms. The van der Waals surface area contributed by atoms with E-state index in [1.54, 1.807) is 0 Å². The molecule has 1 aliphatic heterocycles. The number of rotatable bonds is 6. The Morgan fingerprint density at radius 3 is 2.86 bits per heavy atom. The molecule has 1 aliphatic rings. The average Bonchev–Trinajstić information content (AvgIpc) is 3.00. The van der Waals surface area contributed by atoms with Crippen LogP contribution in [0, 0.1) is 5.41 Å². The predicted octanol–water partition coefficient (Wildman–Crippen LogP) is 1.92. The Morgan fingerprint density at radius 2 is 2.43 bits per heavy atom. The summed E-state index contributed by atoms with van der Waals surface area (Å²) in [5.41, 5.74) is 0.154. The van der Waals surface area contributed by atoms with Crippen molar-refractivity contribution < 1.29 is 14.3 Å². The first kappa shape index (κ1) is 11.2. The van der Waals surface area contributed by atoms with E-state index in [2.05, 4.69) is 20.4 Å². The maximum atomic E-state index is 10.8. The summed E-state index contributed by atoms with van der Waals surface area (Å²) in [7, 11) is 0. The Balaban J connectivity index is 2.27. The van der Waals surface area contributed by atoms with Gasteiger partial charge in [-0.25, -0.2) is 4.79 Å². The molecule has 0 aromatic carbocycles. The van der Waals surface area contributed by atoms with E-state index in [-0.39, 0.29) is 11.4 Å². The largest absolute Gasteiger partial charge is 0.463 e. The van der Waals surface area contributed by atoms with Gasteiger partial charge in [0.1, 0.15) is 0 Å². The maximum Gasteiger partial charge on any atom is 0.330 e. The monoisotopic (exact) mass is 198 g/mol. The van der Waals surface area contributed by atoms with Gasteiger partial charge in [-0.15, -0.1) is 0 Å². The highest BCUT2D eigenvalue weighted by molar-refractivity contribution is 5.81. The molecule has 0 bridgehead atoms. The van der Waals surface area contributed by atoms with E-state index >= 15 is 0 Å². The Morgan fingerprint density at radius 1 is 1.79 bits per heavy atom. The maximum absolute atomic E-state index is 10.8. The molecule has 0 amide bonds. The minimum Gasteiger partial charge on any atom is -0.463 e. The zero-order chi connectivity index (χ0) is 10.6. The fraction of sp³-hybridized carbons (Fsp3) is 0.727. The van der Waals surface area contributed by atoms with Crippen molar-refractivity contribution >= 4 is 5.97 Å². The van der Waals surface area contributed by atoms with Gasteiger partial charge in [-0.3, -0.25) is 0 Å². The molecule has 14 heavy (non-hydrogen) atoms. The normalized spacial score (nSPS) is 23.7. The number of hydrogen-bond donors (Lipinski definition) is 0. The molecule has 0 spiro atoms. The fourth-order valence-corrected chi connectivity index (χ4v) is 1.46. The quantitative estimate of drug-likeness (QED) is 0.372. The molecule has 1 heterocycles. The first-order valence-corrected chi connectivity index (χ1v) is 5.03. The van der Waals surface area contributed by atoms with Gasteiger partial charge in [0.2, 0.25) is 0 Å². The molecular formula is C11H18O3. The molecule has 0 aromatic heterocycles. The number of esters is 1. The van der Waals surface area contributed by atoms with Crippen LogP contribution in [0.5, 0.6) is 0 Å². The van der Waals surface area contributed by atoms with Crippen LogP contribution in [0.4, 0.5) is 0 Å². The van der Waals surface area contributed by atoms with Crippen LogP contribution in [0.25, 0.3) is 0 Å². The van der Waals surface area contributed by atoms with Crippen LogP contribution < -0.4 is 0 Å². The highest BCUT2D eigenvalue weighted by atomic mass is 16.6. The minimum atomic E-state index is -0.347. The molecule has 1 rings (SSSR count). The van der Waals surface area contributed by atoms with Gasteiger partial charge in [-0.05, 0) is 18.3 Å². The van der Waals surface area contributed by atoms with Gasteiger partial charge in [0.25, 0.3) is 0 Å². The van der Waals surface area contributed by atoms with Gasteiger partial charge in [0, 0.05) is 6.08 Å². The molecule has 1 saturated heterocycles. The number of carbonyl (C=O) groups excluding carboxylic acids is 1. The molecule has 0 saturated carbocycles. The van der Waals surface area contributed by atoms with Crippen molar-refractivity contribution in [2.45, 2.75) is 32.8 Å². The van der Waals surface area contributed by atoms with Gasteiger partial charge in [-0.2, -0.15) is 0 Å². The Hall–Kier alpha value is -0.830. The standard InChI is InChI=1S/C11H18O3/c1-4-10(12)13-7-6-11(3,5-2)9-8-14-9/h4,9H,1,5-8H2,2-3H3. The first-order chi connectivity index (χ1) is 6.62. The van der Waals surface area contributed by atoms with E-state index in [1.165, 1.54) is 6.08 Å². The van der Waals surface area contributed by atoms with Gasteiger partial charge in [0.05, 0.1) is 19.3 Å². The van der Waals surface area contributed by atoms with Crippen LogP contribution in [0.1, 0.15) is 26.7 Å².